The number of amides is 1. The first-order chi connectivity index (χ1) is 11.9. The van der Waals surface area contributed by atoms with Crippen LogP contribution < -0.4 is 9.64 Å². The molecule has 3 rings (SSSR count). The molecule has 1 aromatic carbocycles. The lowest BCUT2D eigenvalue weighted by Crippen LogP contribution is -3.18. The quantitative estimate of drug-likeness (QED) is 0.736. The third-order valence-corrected chi connectivity index (χ3v) is 7.64. The number of carbonyl (C=O) groups is 1. The zero-order chi connectivity index (χ0) is 18.0. The molecule has 0 saturated carbocycles. The van der Waals surface area contributed by atoms with Crippen molar-refractivity contribution >= 4 is 27.5 Å². The summed E-state index contributed by atoms with van der Waals surface area (Å²) in [5.41, 5.74) is 0.590. The van der Waals surface area contributed by atoms with E-state index < -0.39 is 9.84 Å². The summed E-state index contributed by atoms with van der Waals surface area (Å²) >= 11 is 1.61. The van der Waals surface area contributed by atoms with E-state index in [1.165, 1.54) is 4.90 Å². The highest BCUT2D eigenvalue weighted by molar-refractivity contribution is 7.98. The van der Waals surface area contributed by atoms with Gasteiger partial charge in [-0.1, -0.05) is 0 Å². The number of sulfone groups is 1. The van der Waals surface area contributed by atoms with Crippen LogP contribution in [0.25, 0.3) is 0 Å². The number of methoxy groups -OCH3 is 1. The summed E-state index contributed by atoms with van der Waals surface area (Å²) in [6, 6.07) is 5.85. The first-order valence-corrected chi connectivity index (χ1v) is 11.5. The third-order valence-electron chi connectivity index (χ3n) is 5.14. The molecule has 0 bridgehead atoms. The van der Waals surface area contributed by atoms with Gasteiger partial charge in [0.2, 0.25) is 0 Å². The Bertz CT molecular complexity index is 743. The van der Waals surface area contributed by atoms with Crippen molar-refractivity contribution in [2.75, 3.05) is 51.1 Å². The lowest BCUT2D eigenvalue weighted by Gasteiger charge is -2.35. The summed E-state index contributed by atoms with van der Waals surface area (Å²) in [6.45, 7) is 2.91. The van der Waals surface area contributed by atoms with Crippen molar-refractivity contribution in [3.63, 3.8) is 0 Å². The summed E-state index contributed by atoms with van der Waals surface area (Å²) in [7, 11) is -1.27. The Morgan fingerprint density at radius 1 is 1.32 bits per heavy atom. The van der Waals surface area contributed by atoms with Crippen molar-refractivity contribution in [3.05, 3.63) is 23.8 Å². The van der Waals surface area contributed by atoms with Gasteiger partial charge in [-0.3, -0.25) is 4.79 Å². The molecular weight excluding hydrogens is 360 g/mol. The number of nitrogens with zero attached hydrogens (tertiary/aromatic N) is 1. The standard InChI is InChI=1S/C17H24N2O4S2/c1-23-16-11-14(24-2)3-4-15(16)17(20)19-8-6-18(7-9-19)13-5-10-25(21,22)12-13/h3-4,11,13H,5-10,12H2,1-2H3/p+1/t13-/m0/s1. The average molecular weight is 386 g/mol. The SMILES string of the molecule is COc1cc(SC)ccc1C(=O)N1CC[NH+]([C@H]2CCS(=O)(=O)C2)CC1. The van der Waals surface area contributed by atoms with E-state index >= 15 is 0 Å². The minimum atomic E-state index is -2.85. The van der Waals surface area contributed by atoms with E-state index in [0.29, 0.717) is 35.9 Å². The topological polar surface area (TPSA) is 68.1 Å². The van der Waals surface area contributed by atoms with E-state index in [-0.39, 0.29) is 11.9 Å². The van der Waals surface area contributed by atoms with Crippen LogP contribution in [-0.4, -0.2) is 76.3 Å². The number of piperazine rings is 1. The monoisotopic (exact) mass is 385 g/mol. The van der Waals surface area contributed by atoms with Crippen molar-refractivity contribution in [1.29, 1.82) is 0 Å². The Labute approximate surface area is 153 Å². The highest BCUT2D eigenvalue weighted by atomic mass is 32.2. The van der Waals surface area contributed by atoms with Crippen molar-refractivity contribution < 1.29 is 22.8 Å². The van der Waals surface area contributed by atoms with Gasteiger partial charge in [0, 0.05) is 11.3 Å². The highest BCUT2D eigenvalue weighted by Gasteiger charge is 2.37. The molecule has 1 atom stereocenters. The van der Waals surface area contributed by atoms with E-state index in [1.807, 2.05) is 29.4 Å². The van der Waals surface area contributed by atoms with Gasteiger partial charge in [0.15, 0.2) is 9.84 Å². The maximum absolute atomic E-state index is 12.8. The van der Waals surface area contributed by atoms with E-state index in [1.54, 1.807) is 18.9 Å². The number of thioether (sulfide) groups is 1. The fourth-order valence-electron chi connectivity index (χ4n) is 3.67. The molecule has 1 N–H and O–H groups in total. The lowest BCUT2D eigenvalue weighted by atomic mass is 10.1. The molecule has 0 radical (unpaired) electrons. The van der Waals surface area contributed by atoms with Gasteiger partial charge < -0.3 is 14.5 Å². The molecule has 1 aromatic rings. The molecule has 8 heteroatoms. The fraction of sp³-hybridized carbons (Fsp3) is 0.588. The number of benzene rings is 1. The van der Waals surface area contributed by atoms with Crippen LogP contribution in [0.15, 0.2) is 23.1 Å². The largest absolute Gasteiger partial charge is 0.496 e. The molecule has 2 saturated heterocycles. The summed E-state index contributed by atoms with van der Waals surface area (Å²) in [6.07, 6.45) is 2.73. The van der Waals surface area contributed by atoms with Gasteiger partial charge in [-0.05, 0) is 24.5 Å². The number of nitrogens with one attached hydrogen (secondary N) is 1. The zero-order valence-electron chi connectivity index (χ0n) is 14.7. The minimum Gasteiger partial charge on any atom is -0.496 e. The predicted molar refractivity (Wildman–Crippen MR) is 98.4 cm³/mol. The molecule has 0 aliphatic carbocycles. The number of carbonyl (C=O) groups excluding carboxylic acids is 1. The second-order valence-electron chi connectivity index (χ2n) is 6.62. The number of hydrogen-bond donors (Lipinski definition) is 1. The van der Waals surface area contributed by atoms with Gasteiger partial charge in [0.25, 0.3) is 5.91 Å². The molecule has 6 nitrogen and oxygen atoms in total. The van der Waals surface area contributed by atoms with Crippen LogP contribution in [-0.2, 0) is 9.84 Å². The van der Waals surface area contributed by atoms with Crippen LogP contribution in [0.2, 0.25) is 0 Å². The zero-order valence-corrected chi connectivity index (χ0v) is 16.3. The first kappa shape index (κ1) is 18.5. The van der Waals surface area contributed by atoms with Crippen LogP contribution >= 0.6 is 11.8 Å². The Kier molecular flexibility index (Phi) is 5.60. The van der Waals surface area contributed by atoms with Gasteiger partial charge >= 0.3 is 0 Å². The minimum absolute atomic E-state index is 0.0115. The van der Waals surface area contributed by atoms with Crippen LogP contribution in [0.3, 0.4) is 0 Å². The molecule has 2 heterocycles. The van der Waals surface area contributed by atoms with Gasteiger partial charge in [0.05, 0.1) is 44.6 Å². The van der Waals surface area contributed by atoms with E-state index in [0.717, 1.165) is 24.4 Å². The number of quaternary nitrogens is 1. The molecule has 2 aliphatic heterocycles. The summed E-state index contributed by atoms with van der Waals surface area (Å²) in [4.78, 5) is 17.1. The second kappa shape index (κ2) is 7.55. The fourth-order valence-corrected chi connectivity index (χ4v) is 5.92. The van der Waals surface area contributed by atoms with E-state index in [4.69, 9.17) is 4.74 Å². The van der Waals surface area contributed by atoms with Gasteiger partial charge in [0.1, 0.15) is 17.5 Å². The van der Waals surface area contributed by atoms with Crippen molar-refractivity contribution in [3.8, 4) is 5.75 Å². The number of hydrogen-bond acceptors (Lipinski definition) is 5. The molecule has 2 aliphatic rings. The second-order valence-corrected chi connectivity index (χ2v) is 9.72. The van der Waals surface area contributed by atoms with E-state index in [9.17, 15) is 13.2 Å². The Balaban J connectivity index is 1.64. The molecule has 0 spiro atoms. The van der Waals surface area contributed by atoms with Gasteiger partial charge in [-0.2, -0.15) is 0 Å². The predicted octanol–water partition coefficient (Wildman–Crippen LogP) is -0.0551. The lowest BCUT2D eigenvalue weighted by molar-refractivity contribution is -0.925. The van der Waals surface area contributed by atoms with Crippen LogP contribution in [0.1, 0.15) is 16.8 Å². The molecule has 138 valence electrons. The summed E-state index contributed by atoms with van der Waals surface area (Å²) in [5, 5.41) is 0. The van der Waals surface area contributed by atoms with Gasteiger partial charge in [-0.15, -0.1) is 11.8 Å². The Morgan fingerprint density at radius 2 is 2.04 bits per heavy atom. The Morgan fingerprint density at radius 3 is 2.60 bits per heavy atom. The van der Waals surface area contributed by atoms with Crippen molar-refractivity contribution in [2.24, 2.45) is 0 Å². The first-order valence-electron chi connectivity index (χ1n) is 8.50. The highest BCUT2D eigenvalue weighted by Crippen LogP contribution is 2.26. The number of rotatable bonds is 4. The molecule has 0 aromatic heterocycles. The molecule has 0 unspecified atom stereocenters. The summed E-state index contributed by atoms with van der Waals surface area (Å²) in [5.74, 6) is 1.19. The molecule has 1 amide bonds. The van der Waals surface area contributed by atoms with Crippen molar-refractivity contribution in [2.45, 2.75) is 17.4 Å². The smallest absolute Gasteiger partial charge is 0.258 e. The normalized spacial score (nSPS) is 23.6. The number of ether oxygens (including phenoxy) is 1. The molecular formula is C17H25N2O4S2+. The van der Waals surface area contributed by atoms with Crippen LogP contribution in [0, 0.1) is 0 Å². The average Bonchev–Trinajstić information content (AvgIpc) is 3.00. The van der Waals surface area contributed by atoms with Crippen LogP contribution in [0.5, 0.6) is 5.75 Å². The summed E-state index contributed by atoms with van der Waals surface area (Å²) < 4.78 is 28.7. The van der Waals surface area contributed by atoms with E-state index in [2.05, 4.69) is 0 Å². The Hall–Kier alpha value is -1.25. The molecule has 25 heavy (non-hydrogen) atoms. The molecule has 2 fully saturated rings. The van der Waals surface area contributed by atoms with Crippen LogP contribution in [0.4, 0.5) is 0 Å². The van der Waals surface area contributed by atoms with Crippen molar-refractivity contribution in [1.82, 2.24) is 4.90 Å². The third kappa shape index (κ3) is 4.12. The van der Waals surface area contributed by atoms with Gasteiger partial charge in [-0.25, -0.2) is 8.42 Å². The maximum atomic E-state index is 12.8. The maximum Gasteiger partial charge on any atom is 0.258 e.